The fourth-order valence-electron chi connectivity index (χ4n) is 0.649. The summed E-state index contributed by atoms with van der Waals surface area (Å²) in [7, 11) is 1.25. The summed E-state index contributed by atoms with van der Waals surface area (Å²) in [6, 6.07) is -0.651. The fourth-order valence-corrected chi connectivity index (χ4v) is 0.649. The van der Waals surface area contributed by atoms with Gasteiger partial charge in [0, 0.05) is 0 Å². The van der Waals surface area contributed by atoms with E-state index in [0.29, 0.717) is 6.42 Å². The zero-order valence-electron chi connectivity index (χ0n) is 7.58. The van der Waals surface area contributed by atoms with E-state index in [1.54, 1.807) is 6.08 Å². The van der Waals surface area contributed by atoms with E-state index in [1.807, 2.05) is 0 Å². The van der Waals surface area contributed by atoms with Gasteiger partial charge in [0.25, 0.3) is 0 Å². The zero-order valence-corrected chi connectivity index (χ0v) is 7.58. The fraction of sp³-hybridized carbons (Fsp3) is 0.500. The lowest BCUT2D eigenvalue weighted by Gasteiger charge is -2.08. The summed E-state index contributed by atoms with van der Waals surface area (Å²) in [6.45, 7) is 3.29. The molecule has 0 spiro atoms. The van der Waals surface area contributed by atoms with Crippen molar-refractivity contribution in [2.45, 2.75) is 12.5 Å². The molecule has 0 aliphatic heterocycles. The van der Waals surface area contributed by atoms with Crippen LogP contribution in [0.3, 0.4) is 0 Å². The van der Waals surface area contributed by atoms with E-state index in [4.69, 9.17) is 5.73 Å². The summed E-state index contributed by atoms with van der Waals surface area (Å²) in [5.74, 6) is -0.885. The average molecular weight is 186 g/mol. The van der Waals surface area contributed by atoms with Gasteiger partial charge in [0.05, 0.1) is 13.2 Å². The molecule has 0 aromatic carbocycles. The van der Waals surface area contributed by atoms with Crippen molar-refractivity contribution < 1.29 is 14.3 Å². The number of ether oxygens (including phenoxy) is 1. The molecule has 5 heteroatoms. The van der Waals surface area contributed by atoms with E-state index in [9.17, 15) is 9.59 Å². The molecule has 3 N–H and O–H groups in total. The smallest absolute Gasteiger partial charge is 0.325 e. The Morgan fingerprint density at radius 2 is 2.31 bits per heavy atom. The van der Waals surface area contributed by atoms with Gasteiger partial charge in [-0.3, -0.25) is 9.59 Å². The van der Waals surface area contributed by atoms with Crippen LogP contribution in [0.1, 0.15) is 6.42 Å². The largest absolute Gasteiger partial charge is 0.468 e. The summed E-state index contributed by atoms with van der Waals surface area (Å²) in [6.07, 6.45) is 1.93. The molecule has 0 aliphatic carbocycles. The lowest BCUT2D eigenvalue weighted by atomic mass is 10.2. The third-order valence-corrected chi connectivity index (χ3v) is 1.39. The second-order valence-corrected chi connectivity index (χ2v) is 2.42. The molecule has 0 fully saturated rings. The molecule has 1 atom stereocenters. The predicted octanol–water partition coefficient (Wildman–Crippen LogP) is -0.821. The van der Waals surface area contributed by atoms with Crippen molar-refractivity contribution in [2.24, 2.45) is 5.73 Å². The highest BCUT2D eigenvalue weighted by molar-refractivity contribution is 5.85. The standard InChI is InChI=1S/C8H14N2O3/c1-3-4-6(9)8(12)10-5-7(11)13-2/h3,6H,1,4-5,9H2,2H3,(H,10,12). The van der Waals surface area contributed by atoms with Gasteiger partial charge in [-0.15, -0.1) is 6.58 Å². The molecule has 0 saturated carbocycles. The molecule has 74 valence electrons. The molecule has 0 rings (SSSR count). The number of esters is 1. The maximum Gasteiger partial charge on any atom is 0.325 e. The molecule has 0 heterocycles. The summed E-state index contributed by atoms with van der Waals surface area (Å²) >= 11 is 0. The van der Waals surface area contributed by atoms with Crippen molar-refractivity contribution in [1.29, 1.82) is 0 Å². The number of hydrogen-bond donors (Lipinski definition) is 2. The quantitative estimate of drug-likeness (QED) is 0.434. The molecule has 0 saturated heterocycles. The van der Waals surface area contributed by atoms with Gasteiger partial charge in [-0.05, 0) is 6.42 Å². The van der Waals surface area contributed by atoms with E-state index < -0.39 is 12.0 Å². The number of hydrogen-bond acceptors (Lipinski definition) is 4. The van der Waals surface area contributed by atoms with Crippen LogP contribution in [-0.2, 0) is 14.3 Å². The van der Waals surface area contributed by atoms with Crippen molar-refractivity contribution in [3.8, 4) is 0 Å². The molecule has 5 nitrogen and oxygen atoms in total. The Morgan fingerprint density at radius 3 is 2.77 bits per heavy atom. The van der Waals surface area contributed by atoms with Gasteiger partial charge in [0.1, 0.15) is 6.54 Å². The zero-order chi connectivity index (χ0) is 10.3. The minimum Gasteiger partial charge on any atom is -0.468 e. The molecule has 0 aliphatic rings. The topological polar surface area (TPSA) is 81.4 Å². The van der Waals surface area contributed by atoms with E-state index in [-0.39, 0.29) is 12.5 Å². The second-order valence-electron chi connectivity index (χ2n) is 2.42. The minimum atomic E-state index is -0.651. The molecule has 1 unspecified atom stereocenters. The van der Waals surface area contributed by atoms with Crippen LogP contribution in [0.4, 0.5) is 0 Å². The van der Waals surface area contributed by atoms with Gasteiger partial charge in [-0.1, -0.05) is 6.08 Å². The predicted molar refractivity (Wildman–Crippen MR) is 47.8 cm³/mol. The van der Waals surface area contributed by atoms with Crippen LogP contribution >= 0.6 is 0 Å². The average Bonchev–Trinajstić information content (AvgIpc) is 2.13. The Hall–Kier alpha value is -1.36. The summed E-state index contributed by atoms with van der Waals surface area (Å²) in [5.41, 5.74) is 5.42. The van der Waals surface area contributed by atoms with Gasteiger partial charge in [0.15, 0.2) is 0 Å². The van der Waals surface area contributed by atoms with Crippen molar-refractivity contribution in [2.75, 3.05) is 13.7 Å². The number of nitrogens with two attached hydrogens (primary N) is 1. The first-order valence-electron chi connectivity index (χ1n) is 3.82. The minimum absolute atomic E-state index is 0.153. The molecule has 13 heavy (non-hydrogen) atoms. The number of rotatable bonds is 5. The van der Waals surface area contributed by atoms with Crippen LogP contribution in [0, 0.1) is 0 Å². The summed E-state index contributed by atoms with van der Waals surface area (Å²) < 4.78 is 4.33. The van der Waals surface area contributed by atoms with Crippen molar-refractivity contribution >= 4 is 11.9 Å². The molecule has 0 radical (unpaired) electrons. The van der Waals surface area contributed by atoms with Crippen molar-refractivity contribution in [3.05, 3.63) is 12.7 Å². The SMILES string of the molecule is C=CCC(N)C(=O)NCC(=O)OC. The summed E-state index contributed by atoms with van der Waals surface area (Å²) in [4.78, 5) is 21.7. The Bertz CT molecular complexity index is 204. The lowest BCUT2D eigenvalue weighted by Crippen LogP contribution is -2.42. The highest BCUT2D eigenvalue weighted by Crippen LogP contribution is 1.87. The Balaban J connectivity index is 3.73. The third kappa shape index (κ3) is 4.97. The molecular formula is C8H14N2O3. The van der Waals surface area contributed by atoms with E-state index in [0.717, 1.165) is 0 Å². The van der Waals surface area contributed by atoms with Gasteiger partial charge in [-0.25, -0.2) is 0 Å². The highest BCUT2D eigenvalue weighted by Gasteiger charge is 2.12. The number of carbonyl (C=O) groups is 2. The van der Waals surface area contributed by atoms with Crippen molar-refractivity contribution in [1.82, 2.24) is 5.32 Å². The van der Waals surface area contributed by atoms with Crippen LogP contribution in [-0.4, -0.2) is 31.6 Å². The van der Waals surface area contributed by atoms with Crippen LogP contribution in [0.25, 0.3) is 0 Å². The van der Waals surface area contributed by atoms with Crippen LogP contribution in [0.15, 0.2) is 12.7 Å². The maximum absolute atomic E-state index is 11.1. The normalized spacial score (nSPS) is 11.5. The Morgan fingerprint density at radius 1 is 1.69 bits per heavy atom. The van der Waals surface area contributed by atoms with Crippen molar-refractivity contribution in [3.63, 3.8) is 0 Å². The van der Waals surface area contributed by atoms with Gasteiger partial charge in [0.2, 0.25) is 5.91 Å². The van der Waals surface area contributed by atoms with E-state index in [2.05, 4.69) is 16.6 Å². The van der Waals surface area contributed by atoms with E-state index >= 15 is 0 Å². The lowest BCUT2D eigenvalue weighted by molar-refractivity contribution is -0.141. The molecule has 1 amide bonds. The maximum atomic E-state index is 11.1. The Labute approximate surface area is 76.9 Å². The van der Waals surface area contributed by atoms with Gasteiger partial charge >= 0.3 is 5.97 Å². The molecule has 0 aromatic heterocycles. The number of methoxy groups -OCH3 is 1. The van der Waals surface area contributed by atoms with Gasteiger partial charge in [-0.2, -0.15) is 0 Å². The first kappa shape index (κ1) is 11.6. The highest BCUT2D eigenvalue weighted by atomic mass is 16.5. The molecule has 0 aromatic rings. The first-order valence-corrected chi connectivity index (χ1v) is 3.82. The monoisotopic (exact) mass is 186 g/mol. The molecular weight excluding hydrogens is 172 g/mol. The summed E-state index contributed by atoms with van der Waals surface area (Å²) in [5, 5.41) is 2.33. The second kappa shape index (κ2) is 6.19. The number of amides is 1. The Kier molecular flexibility index (Phi) is 5.54. The third-order valence-electron chi connectivity index (χ3n) is 1.39. The van der Waals surface area contributed by atoms with Crippen LogP contribution < -0.4 is 11.1 Å². The number of carbonyl (C=O) groups excluding carboxylic acids is 2. The van der Waals surface area contributed by atoms with E-state index in [1.165, 1.54) is 7.11 Å². The molecule has 0 bridgehead atoms. The van der Waals surface area contributed by atoms with Crippen LogP contribution in [0.2, 0.25) is 0 Å². The van der Waals surface area contributed by atoms with Gasteiger partial charge < -0.3 is 15.8 Å². The van der Waals surface area contributed by atoms with Crippen LogP contribution in [0.5, 0.6) is 0 Å². The first-order chi connectivity index (χ1) is 6.11. The number of nitrogens with one attached hydrogen (secondary N) is 1.